The minimum absolute atomic E-state index is 0.0487. The third kappa shape index (κ3) is 4.79. The van der Waals surface area contributed by atoms with E-state index in [2.05, 4.69) is 0 Å². The lowest BCUT2D eigenvalue weighted by molar-refractivity contribution is 0.0600. The molecule has 0 aliphatic carbocycles. The van der Waals surface area contributed by atoms with Crippen LogP contribution >= 0.6 is 0 Å². The van der Waals surface area contributed by atoms with Crippen LogP contribution in [0.2, 0.25) is 0 Å². The lowest BCUT2D eigenvalue weighted by atomic mass is 10.1. The van der Waals surface area contributed by atoms with Crippen molar-refractivity contribution in [2.45, 2.75) is 20.0 Å². The molecule has 7 nitrogen and oxygen atoms in total. The van der Waals surface area contributed by atoms with Crippen LogP contribution in [0.25, 0.3) is 11.0 Å². The highest BCUT2D eigenvalue weighted by molar-refractivity contribution is 5.89. The van der Waals surface area contributed by atoms with Gasteiger partial charge in [0.1, 0.15) is 22.8 Å². The van der Waals surface area contributed by atoms with E-state index in [4.69, 9.17) is 13.9 Å². The molecule has 0 unspecified atom stereocenters. The summed E-state index contributed by atoms with van der Waals surface area (Å²) in [7, 11) is 3.24. The average Bonchev–Trinajstić information content (AvgIpc) is 2.84. The first-order chi connectivity index (χ1) is 16.4. The van der Waals surface area contributed by atoms with Gasteiger partial charge in [-0.25, -0.2) is 4.79 Å². The summed E-state index contributed by atoms with van der Waals surface area (Å²) in [4.78, 5) is 26.9. The molecule has 174 valence electrons. The zero-order chi connectivity index (χ0) is 24.2. The molecule has 0 aliphatic rings. The fraction of sp³-hybridized carbons (Fsp3) is 0.185. The van der Waals surface area contributed by atoms with Crippen molar-refractivity contribution in [3.63, 3.8) is 0 Å². The minimum atomic E-state index is -0.461. The molecule has 1 heterocycles. The molecule has 1 N–H and O–H groups in total. The second-order valence-corrected chi connectivity index (χ2v) is 8.03. The number of benzene rings is 3. The van der Waals surface area contributed by atoms with Crippen LogP contribution in [0.5, 0.6) is 17.2 Å². The van der Waals surface area contributed by atoms with Gasteiger partial charge in [-0.15, -0.1) is 0 Å². The molecular formula is C27H25NO6. The van der Waals surface area contributed by atoms with Gasteiger partial charge < -0.3 is 19.0 Å². The van der Waals surface area contributed by atoms with Crippen LogP contribution in [-0.2, 0) is 17.8 Å². The topological polar surface area (TPSA) is 89.2 Å². The number of rotatable bonds is 7. The summed E-state index contributed by atoms with van der Waals surface area (Å²) >= 11 is 0. The first-order valence-electron chi connectivity index (χ1n) is 10.7. The van der Waals surface area contributed by atoms with Crippen LogP contribution in [0.15, 0.2) is 75.9 Å². The van der Waals surface area contributed by atoms with Gasteiger partial charge in [-0.05, 0) is 55.9 Å². The number of phenols is 1. The van der Waals surface area contributed by atoms with Crippen LogP contribution in [-0.4, -0.2) is 30.1 Å². The van der Waals surface area contributed by atoms with Gasteiger partial charge in [0.05, 0.1) is 23.6 Å². The van der Waals surface area contributed by atoms with E-state index in [0.717, 1.165) is 5.56 Å². The number of carbonyl (C=O) groups is 1. The Morgan fingerprint density at radius 1 is 1.00 bits per heavy atom. The largest absolute Gasteiger partial charge is 0.507 e. The van der Waals surface area contributed by atoms with Crippen molar-refractivity contribution >= 4 is 16.9 Å². The number of carbonyl (C=O) groups excluding carboxylic acids is 1. The average molecular weight is 459 g/mol. The number of fused-ring (bicyclic) bond motifs is 1. The van der Waals surface area contributed by atoms with Gasteiger partial charge in [0.15, 0.2) is 0 Å². The lowest BCUT2D eigenvalue weighted by Crippen LogP contribution is -2.18. The van der Waals surface area contributed by atoms with Crippen molar-refractivity contribution in [1.29, 1.82) is 0 Å². The number of hydrogen-bond donors (Lipinski definition) is 1. The third-order valence-corrected chi connectivity index (χ3v) is 5.48. The number of nitrogens with zero attached hydrogens (tertiary/aromatic N) is 1. The van der Waals surface area contributed by atoms with Gasteiger partial charge in [-0.2, -0.15) is 0 Å². The second kappa shape index (κ2) is 9.80. The smallest absolute Gasteiger partial charge is 0.337 e. The number of hydrogen-bond acceptors (Lipinski definition) is 7. The third-order valence-electron chi connectivity index (χ3n) is 5.48. The zero-order valence-corrected chi connectivity index (χ0v) is 19.2. The second-order valence-electron chi connectivity index (χ2n) is 8.03. The van der Waals surface area contributed by atoms with Crippen LogP contribution < -0.4 is 10.2 Å². The Hall–Kier alpha value is -4.10. The van der Waals surface area contributed by atoms with Crippen molar-refractivity contribution in [2.75, 3.05) is 14.2 Å². The summed E-state index contributed by atoms with van der Waals surface area (Å²) in [6.07, 6.45) is 0. The molecule has 7 heteroatoms. The first-order valence-corrected chi connectivity index (χ1v) is 10.7. The van der Waals surface area contributed by atoms with Crippen LogP contribution in [0.1, 0.15) is 27.2 Å². The minimum Gasteiger partial charge on any atom is -0.507 e. The van der Waals surface area contributed by atoms with Gasteiger partial charge >= 0.3 is 5.97 Å². The van der Waals surface area contributed by atoms with Crippen LogP contribution in [0, 0.1) is 6.92 Å². The molecule has 0 bridgehead atoms. The van der Waals surface area contributed by atoms with E-state index >= 15 is 0 Å². The van der Waals surface area contributed by atoms with Crippen LogP contribution in [0.4, 0.5) is 0 Å². The summed E-state index contributed by atoms with van der Waals surface area (Å²) in [6, 6.07) is 19.3. The number of ether oxygens (including phenoxy) is 2. The highest BCUT2D eigenvalue weighted by Crippen LogP contribution is 2.32. The Balaban J connectivity index is 1.65. The molecule has 4 rings (SSSR count). The highest BCUT2D eigenvalue weighted by Gasteiger charge is 2.19. The summed E-state index contributed by atoms with van der Waals surface area (Å²) in [5, 5.41) is 10.9. The Morgan fingerprint density at radius 3 is 2.38 bits per heavy atom. The first kappa shape index (κ1) is 23.1. The zero-order valence-electron chi connectivity index (χ0n) is 19.2. The fourth-order valence-corrected chi connectivity index (χ4v) is 3.78. The Labute approximate surface area is 196 Å². The van der Waals surface area contributed by atoms with Gasteiger partial charge in [-0.1, -0.05) is 30.3 Å². The molecule has 3 aromatic carbocycles. The summed E-state index contributed by atoms with van der Waals surface area (Å²) < 4.78 is 16.5. The van der Waals surface area contributed by atoms with Crippen molar-refractivity contribution in [1.82, 2.24) is 4.90 Å². The SMILES string of the molecule is COC(=O)c1ccc(Oc2c(C)oc3c(CN(C)Cc4ccccc4)c(O)ccc3c2=O)cc1. The molecule has 34 heavy (non-hydrogen) atoms. The fourth-order valence-electron chi connectivity index (χ4n) is 3.78. The predicted octanol–water partition coefficient (Wildman–Crippen LogP) is 5.02. The molecule has 0 spiro atoms. The van der Waals surface area contributed by atoms with E-state index in [-0.39, 0.29) is 22.7 Å². The molecule has 0 amide bonds. The maximum absolute atomic E-state index is 13.3. The molecular weight excluding hydrogens is 434 g/mol. The standard InChI is InChI=1S/C27H25NO6/c1-17-25(34-20-11-9-19(10-12-20)27(31)32-3)24(30)21-13-14-23(29)22(26(21)33-17)16-28(2)15-18-7-5-4-6-8-18/h4-14,29H,15-16H2,1-3H3. The number of esters is 1. The molecule has 0 radical (unpaired) electrons. The molecule has 0 saturated carbocycles. The van der Waals surface area contributed by atoms with Crippen molar-refractivity contribution < 1.29 is 23.8 Å². The van der Waals surface area contributed by atoms with Gasteiger partial charge in [0.2, 0.25) is 11.2 Å². The highest BCUT2D eigenvalue weighted by atomic mass is 16.5. The Morgan fingerprint density at radius 2 is 1.71 bits per heavy atom. The summed E-state index contributed by atoms with van der Waals surface area (Å²) in [5.74, 6) is 0.309. The van der Waals surface area contributed by atoms with Crippen molar-refractivity contribution in [3.8, 4) is 17.2 Å². The van der Waals surface area contributed by atoms with E-state index in [9.17, 15) is 14.7 Å². The van der Waals surface area contributed by atoms with E-state index < -0.39 is 5.97 Å². The van der Waals surface area contributed by atoms with Crippen molar-refractivity contribution in [3.05, 3.63) is 99.4 Å². The lowest BCUT2D eigenvalue weighted by Gasteiger charge is -2.19. The molecule has 0 saturated heterocycles. The molecule has 0 atom stereocenters. The van der Waals surface area contributed by atoms with Gasteiger partial charge in [-0.3, -0.25) is 9.69 Å². The molecule has 4 aromatic rings. The molecule has 0 aliphatic heterocycles. The van der Waals surface area contributed by atoms with Crippen LogP contribution in [0.3, 0.4) is 0 Å². The van der Waals surface area contributed by atoms with Crippen molar-refractivity contribution in [2.24, 2.45) is 0 Å². The number of phenolic OH excluding ortho intramolecular Hbond substituents is 1. The van der Waals surface area contributed by atoms with E-state index in [1.807, 2.05) is 42.3 Å². The van der Waals surface area contributed by atoms with E-state index in [1.165, 1.54) is 19.2 Å². The summed E-state index contributed by atoms with van der Waals surface area (Å²) in [5.41, 5.74) is 2.02. The monoisotopic (exact) mass is 459 g/mol. The maximum atomic E-state index is 13.3. The predicted molar refractivity (Wildman–Crippen MR) is 128 cm³/mol. The number of aryl methyl sites for hydroxylation is 1. The summed E-state index contributed by atoms with van der Waals surface area (Å²) in [6.45, 7) is 2.69. The van der Waals surface area contributed by atoms with Gasteiger partial charge in [0.25, 0.3) is 0 Å². The maximum Gasteiger partial charge on any atom is 0.337 e. The number of aromatic hydroxyl groups is 1. The Kier molecular flexibility index (Phi) is 6.65. The quantitative estimate of drug-likeness (QED) is 0.388. The number of methoxy groups -OCH3 is 1. The van der Waals surface area contributed by atoms with E-state index in [0.29, 0.717) is 40.9 Å². The molecule has 1 aromatic heterocycles. The normalized spacial score (nSPS) is 11.1. The Bertz CT molecular complexity index is 1380. The molecule has 0 fully saturated rings. The van der Waals surface area contributed by atoms with E-state index in [1.54, 1.807) is 31.2 Å². The van der Waals surface area contributed by atoms with Gasteiger partial charge in [0, 0.05) is 13.1 Å².